The molecule has 0 fully saturated rings. The van der Waals surface area contributed by atoms with Gasteiger partial charge in [0.15, 0.2) is 0 Å². The molecule has 2 nitrogen and oxygen atoms in total. The second-order valence-corrected chi connectivity index (χ2v) is 15.2. The van der Waals surface area contributed by atoms with Crippen LogP contribution in [0.25, 0.3) is 86.3 Å². The van der Waals surface area contributed by atoms with Crippen LogP contribution < -0.4 is 4.90 Å². The van der Waals surface area contributed by atoms with Gasteiger partial charge in [-0.25, -0.2) is 0 Å². The van der Waals surface area contributed by atoms with Crippen molar-refractivity contribution in [2.45, 2.75) is 0 Å². The van der Waals surface area contributed by atoms with Crippen molar-refractivity contribution in [2.75, 3.05) is 4.90 Å². The minimum Gasteiger partial charge on any atom is -0.456 e. The van der Waals surface area contributed by atoms with Crippen molar-refractivity contribution in [1.29, 1.82) is 0 Å². The van der Waals surface area contributed by atoms with Crippen LogP contribution >= 0.6 is 11.3 Å². The van der Waals surface area contributed by atoms with E-state index in [-0.39, 0.29) is 0 Å². The highest BCUT2D eigenvalue weighted by Crippen LogP contribution is 2.45. The third kappa shape index (κ3) is 5.40. The van der Waals surface area contributed by atoms with Crippen LogP contribution in [0.5, 0.6) is 0 Å². The SMILES string of the molecule is c1cc(-c2ccc(N(c3ccc4oc5ccccc5c4c3)c3ccccc3-c3ccc4sc5ccccc5c4c3)cc2)cc(-c2cccc3ccccc23)c1. The zero-order chi connectivity index (χ0) is 36.3. The zero-order valence-electron chi connectivity index (χ0n) is 29.8. The van der Waals surface area contributed by atoms with Gasteiger partial charge < -0.3 is 9.32 Å². The van der Waals surface area contributed by atoms with Gasteiger partial charge in [-0.1, -0.05) is 133 Å². The van der Waals surface area contributed by atoms with Crippen molar-refractivity contribution in [3.05, 3.63) is 200 Å². The Morgan fingerprint density at radius 3 is 1.91 bits per heavy atom. The number of rotatable bonds is 6. The molecule has 0 radical (unpaired) electrons. The predicted molar refractivity (Wildman–Crippen MR) is 235 cm³/mol. The van der Waals surface area contributed by atoms with E-state index in [9.17, 15) is 0 Å². The number of furan rings is 1. The van der Waals surface area contributed by atoms with Crippen LogP contribution in [0.3, 0.4) is 0 Å². The van der Waals surface area contributed by atoms with E-state index in [1.54, 1.807) is 0 Å². The van der Waals surface area contributed by atoms with E-state index in [4.69, 9.17) is 4.42 Å². The third-order valence-electron chi connectivity index (χ3n) is 10.9. The number of para-hydroxylation sites is 2. The number of anilines is 3. The van der Waals surface area contributed by atoms with Crippen LogP contribution in [0.4, 0.5) is 17.1 Å². The van der Waals surface area contributed by atoms with Crippen LogP contribution in [-0.2, 0) is 0 Å². The Labute approximate surface area is 322 Å². The quantitative estimate of drug-likeness (QED) is 0.170. The molecule has 0 spiro atoms. The summed E-state index contributed by atoms with van der Waals surface area (Å²) in [6.45, 7) is 0. The first-order chi connectivity index (χ1) is 27.2. The van der Waals surface area contributed by atoms with Gasteiger partial charge in [0.05, 0.1) is 5.69 Å². The van der Waals surface area contributed by atoms with Crippen LogP contribution in [0.1, 0.15) is 0 Å². The van der Waals surface area contributed by atoms with E-state index in [0.717, 1.165) is 39.0 Å². The van der Waals surface area contributed by atoms with Gasteiger partial charge in [-0.3, -0.25) is 0 Å². The van der Waals surface area contributed by atoms with Crippen molar-refractivity contribution in [1.82, 2.24) is 0 Å². The Hall–Kier alpha value is -6.94. The second-order valence-electron chi connectivity index (χ2n) is 14.1. The van der Waals surface area contributed by atoms with Crippen molar-refractivity contribution in [3.8, 4) is 33.4 Å². The van der Waals surface area contributed by atoms with E-state index in [2.05, 4.69) is 193 Å². The first-order valence-corrected chi connectivity index (χ1v) is 19.5. The summed E-state index contributed by atoms with van der Waals surface area (Å²) in [4.78, 5) is 2.39. The van der Waals surface area contributed by atoms with E-state index < -0.39 is 0 Å². The van der Waals surface area contributed by atoms with Crippen LogP contribution in [0.2, 0.25) is 0 Å². The number of nitrogens with zero attached hydrogens (tertiary/aromatic N) is 1. The highest BCUT2D eigenvalue weighted by atomic mass is 32.1. The highest BCUT2D eigenvalue weighted by molar-refractivity contribution is 7.25. The van der Waals surface area contributed by atoms with Crippen LogP contribution in [0.15, 0.2) is 205 Å². The molecular formula is C52H33NOS. The average Bonchev–Trinajstić information content (AvgIpc) is 3.82. The van der Waals surface area contributed by atoms with Crippen molar-refractivity contribution in [3.63, 3.8) is 0 Å². The van der Waals surface area contributed by atoms with Crippen LogP contribution in [0, 0.1) is 0 Å². The summed E-state index contributed by atoms with van der Waals surface area (Å²) < 4.78 is 8.89. The first-order valence-electron chi connectivity index (χ1n) is 18.7. The van der Waals surface area contributed by atoms with Gasteiger partial charge in [-0.15, -0.1) is 11.3 Å². The molecule has 0 aliphatic carbocycles. The van der Waals surface area contributed by atoms with Gasteiger partial charge in [0.1, 0.15) is 11.2 Å². The molecule has 11 rings (SSSR count). The summed E-state index contributed by atoms with van der Waals surface area (Å²) in [5, 5.41) is 7.32. The van der Waals surface area contributed by atoms with Gasteiger partial charge >= 0.3 is 0 Å². The lowest BCUT2D eigenvalue weighted by Gasteiger charge is -2.28. The number of hydrogen-bond donors (Lipinski definition) is 0. The molecule has 0 aliphatic rings. The smallest absolute Gasteiger partial charge is 0.135 e. The molecule has 258 valence electrons. The van der Waals surface area contributed by atoms with E-state index in [1.807, 2.05) is 23.5 Å². The molecule has 0 aliphatic heterocycles. The maximum absolute atomic E-state index is 6.27. The zero-order valence-corrected chi connectivity index (χ0v) is 30.6. The molecule has 3 heteroatoms. The molecule has 0 saturated heterocycles. The van der Waals surface area contributed by atoms with Gasteiger partial charge in [0.2, 0.25) is 0 Å². The fourth-order valence-corrected chi connectivity index (χ4v) is 9.32. The number of fused-ring (bicyclic) bond motifs is 7. The molecule has 2 aromatic heterocycles. The molecule has 11 aromatic rings. The highest BCUT2D eigenvalue weighted by Gasteiger charge is 2.20. The summed E-state index contributed by atoms with van der Waals surface area (Å²) >= 11 is 1.85. The molecule has 9 aromatic carbocycles. The fourth-order valence-electron chi connectivity index (χ4n) is 8.23. The molecule has 0 unspecified atom stereocenters. The molecule has 0 amide bonds. The Morgan fingerprint density at radius 2 is 0.982 bits per heavy atom. The van der Waals surface area contributed by atoms with Crippen molar-refractivity contribution < 1.29 is 4.42 Å². The van der Waals surface area contributed by atoms with Crippen LogP contribution in [-0.4, -0.2) is 0 Å². The lowest BCUT2D eigenvalue weighted by atomic mass is 9.95. The Kier molecular flexibility index (Phi) is 7.39. The lowest BCUT2D eigenvalue weighted by Crippen LogP contribution is -2.11. The molecular weight excluding hydrogens is 687 g/mol. The van der Waals surface area contributed by atoms with Gasteiger partial charge in [-0.05, 0) is 105 Å². The predicted octanol–water partition coefficient (Wildman–Crippen LogP) is 15.6. The lowest BCUT2D eigenvalue weighted by molar-refractivity contribution is 0.669. The second kappa shape index (κ2) is 12.9. The summed E-state index contributed by atoms with van der Waals surface area (Å²) in [5.74, 6) is 0. The van der Waals surface area contributed by atoms with E-state index in [0.29, 0.717) is 0 Å². The van der Waals surface area contributed by atoms with E-state index >= 15 is 0 Å². The van der Waals surface area contributed by atoms with Gasteiger partial charge in [0, 0.05) is 47.9 Å². The normalized spacial score (nSPS) is 11.6. The standard InChI is InChI=1S/C52H33NOS/c1-2-15-41-35(11-1)12-10-19-42(41)37-14-9-13-36(31-37)34-23-26-39(27-24-34)53(40-28-29-50-46(33-40)44-17-4-7-21-49(44)54-50)48-20-6-3-16-43(48)38-25-30-52-47(32-38)45-18-5-8-22-51(45)55-52/h1-33H. The summed E-state index contributed by atoms with van der Waals surface area (Å²) in [5.41, 5.74) is 12.2. The average molecular weight is 720 g/mol. The van der Waals surface area contributed by atoms with Gasteiger partial charge in [-0.2, -0.15) is 0 Å². The Balaban J connectivity index is 1.05. The fraction of sp³-hybridized carbons (Fsp3) is 0. The largest absolute Gasteiger partial charge is 0.456 e. The topological polar surface area (TPSA) is 16.4 Å². The maximum Gasteiger partial charge on any atom is 0.135 e. The minimum atomic E-state index is 0.884. The number of benzene rings is 9. The molecule has 55 heavy (non-hydrogen) atoms. The molecule has 0 atom stereocenters. The number of hydrogen-bond acceptors (Lipinski definition) is 3. The third-order valence-corrected chi connectivity index (χ3v) is 12.0. The molecule has 0 bridgehead atoms. The molecule has 2 heterocycles. The maximum atomic E-state index is 6.27. The summed E-state index contributed by atoms with van der Waals surface area (Å²) in [7, 11) is 0. The first kappa shape index (κ1) is 31.6. The summed E-state index contributed by atoms with van der Waals surface area (Å²) in [6.07, 6.45) is 0. The monoisotopic (exact) mass is 719 g/mol. The molecule has 0 saturated carbocycles. The van der Waals surface area contributed by atoms with E-state index in [1.165, 1.54) is 64.3 Å². The van der Waals surface area contributed by atoms with Gasteiger partial charge in [0.25, 0.3) is 0 Å². The minimum absolute atomic E-state index is 0.884. The molecule has 0 N–H and O–H groups in total. The Morgan fingerprint density at radius 1 is 0.345 bits per heavy atom. The van der Waals surface area contributed by atoms with Crippen molar-refractivity contribution in [2.24, 2.45) is 0 Å². The number of thiophene rings is 1. The Bertz CT molecular complexity index is 3220. The summed E-state index contributed by atoms with van der Waals surface area (Å²) in [6, 6.07) is 72.3. The van der Waals surface area contributed by atoms with Crippen molar-refractivity contribution >= 4 is 81.3 Å².